The summed E-state index contributed by atoms with van der Waals surface area (Å²) in [5, 5.41) is 1.76. The zero-order valence-electron chi connectivity index (χ0n) is 15.8. The van der Waals surface area contributed by atoms with Crippen molar-refractivity contribution < 1.29 is 41.3 Å². The van der Waals surface area contributed by atoms with Crippen molar-refractivity contribution >= 4 is 45.7 Å². The molecule has 0 heterocycles. The number of carbonyl (C=O) groups is 4. The van der Waals surface area contributed by atoms with Crippen LogP contribution in [0.5, 0.6) is 0 Å². The van der Waals surface area contributed by atoms with Crippen LogP contribution >= 0.6 is 11.6 Å². The van der Waals surface area contributed by atoms with Crippen molar-refractivity contribution in [1.82, 2.24) is 16.2 Å². The van der Waals surface area contributed by atoms with Crippen LogP contribution in [0.25, 0.3) is 0 Å². The van der Waals surface area contributed by atoms with Crippen molar-refractivity contribution in [1.29, 1.82) is 0 Å². The van der Waals surface area contributed by atoms with Gasteiger partial charge in [0.2, 0.25) is 11.8 Å². The lowest BCUT2D eigenvalue weighted by Gasteiger charge is -2.16. The predicted molar refractivity (Wildman–Crippen MR) is 102 cm³/mol. The fraction of sp³-hybridized carbons (Fsp3) is 0.375. The summed E-state index contributed by atoms with van der Waals surface area (Å²) in [7, 11) is -4.01. The number of hydrazine groups is 1. The summed E-state index contributed by atoms with van der Waals surface area (Å²) in [5.74, 6) is -2.19. The van der Waals surface area contributed by atoms with Gasteiger partial charge in [-0.05, 0) is 5.56 Å². The Kier molecular flexibility index (Phi) is 10.6. The number of alkyl carbamates (subject to hydrolysis) is 1. The van der Waals surface area contributed by atoms with Gasteiger partial charge in [-0.2, -0.15) is 8.42 Å². The third-order valence-electron chi connectivity index (χ3n) is 3.00. The molecule has 1 atom stereocenters. The van der Waals surface area contributed by atoms with Gasteiger partial charge in [-0.15, -0.1) is 11.6 Å². The largest absolute Gasteiger partial charge is 0.446 e. The van der Waals surface area contributed by atoms with Gasteiger partial charge in [-0.1, -0.05) is 30.3 Å². The maximum Gasteiger partial charge on any atom is 0.426 e. The second kappa shape index (κ2) is 12.6. The molecular formula is C16H20ClN3O9S. The highest BCUT2D eigenvalue weighted by Gasteiger charge is 2.22. The van der Waals surface area contributed by atoms with E-state index in [2.05, 4.69) is 8.92 Å². The minimum Gasteiger partial charge on any atom is -0.446 e. The molecule has 0 unspecified atom stereocenters. The SMILES string of the molecule is CS(=O)(=O)O[C@H](COC(=O)NC(=O)CCl)CC(=O)NNC(=O)OCc1ccccc1. The Hall–Kier alpha value is -2.90. The molecule has 166 valence electrons. The standard InChI is InChI=1S/C16H20ClN3O9S/c1-30(25,26)29-12(10-28-15(23)18-14(22)8-17)7-13(21)19-20-16(24)27-9-11-5-3-2-4-6-11/h2-6,12H,7-10H2,1H3,(H,19,21)(H,20,24)(H,18,22,23)/t12-/m0/s1. The molecule has 0 aliphatic rings. The molecule has 0 radical (unpaired) electrons. The highest BCUT2D eigenvalue weighted by molar-refractivity contribution is 7.86. The van der Waals surface area contributed by atoms with Gasteiger partial charge in [0.05, 0.1) is 12.7 Å². The van der Waals surface area contributed by atoms with Crippen molar-refractivity contribution in [2.75, 3.05) is 18.7 Å². The molecule has 1 rings (SSSR count). The number of ether oxygens (including phenoxy) is 2. The summed E-state index contributed by atoms with van der Waals surface area (Å²) in [5.41, 5.74) is 4.70. The number of rotatable bonds is 9. The maximum atomic E-state index is 11.9. The molecule has 30 heavy (non-hydrogen) atoms. The minimum absolute atomic E-state index is 0.0354. The van der Waals surface area contributed by atoms with Crippen molar-refractivity contribution in [3.8, 4) is 0 Å². The lowest BCUT2D eigenvalue weighted by atomic mass is 10.2. The van der Waals surface area contributed by atoms with E-state index in [4.69, 9.17) is 16.3 Å². The zero-order chi connectivity index (χ0) is 22.6. The van der Waals surface area contributed by atoms with E-state index >= 15 is 0 Å². The second-order valence-electron chi connectivity index (χ2n) is 5.64. The molecule has 0 aliphatic carbocycles. The van der Waals surface area contributed by atoms with Crippen LogP contribution in [0.1, 0.15) is 12.0 Å². The lowest BCUT2D eigenvalue weighted by Crippen LogP contribution is -2.44. The van der Waals surface area contributed by atoms with E-state index in [1.165, 1.54) is 0 Å². The first-order valence-corrected chi connectivity index (χ1v) is 10.6. The van der Waals surface area contributed by atoms with E-state index in [9.17, 15) is 27.6 Å². The number of halogens is 1. The predicted octanol–water partition coefficient (Wildman–Crippen LogP) is 0.171. The summed E-state index contributed by atoms with van der Waals surface area (Å²) in [4.78, 5) is 45.8. The van der Waals surface area contributed by atoms with Gasteiger partial charge >= 0.3 is 12.2 Å². The first kappa shape index (κ1) is 25.1. The van der Waals surface area contributed by atoms with Crippen LogP contribution < -0.4 is 16.2 Å². The van der Waals surface area contributed by atoms with Gasteiger partial charge in [0.25, 0.3) is 10.1 Å². The third-order valence-corrected chi connectivity index (χ3v) is 3.87. The number of nitrogens with one attached hydrogen (secondary N) is 3. The van der Waals surface area contributed by atoms with Crippen LogP contribution in [0.2, 0.25) is 0 Å². The first-order valence-electron chi connectivity index (χ1n) is 8.25. The van der Waals surface area contributed by atoms with Crippen LogP contribution in [0.3, 0.4) is 0 Å². The van der Waals surface area contributed by atoms with Gasteiger partial charge in [0.15, 0.2) is 0 Å². The third kappa shape index (κ3) is 11.8. The monoisotopic (exact) mass is 465 g/mol. The molecule has 4 amide bonds. The Balaban J connectivity index is 2.46. The number of alkyl halides is 1. The van der Waals surface area contributed by atoms with E-state index in [1.807, 2.05) is 10.9 Å². The Morgan fingerprint density at radius 3 is 2.27 bits per heavy atom. The molecule has 1 aromatic carbocycles. The minimum atomic E-state index is -4.01. The molecule has 0 bridgehead atoms. The van der Waals surface area contributed by atoms with Gasteiger partial charge in [-0.3, -0.25) is 24.5 Å². The molecule has 14 heteroatoms. The molecule has 0 saturated carbocycles. The van der Waals surface area contributed by atoms with Crippen LogP contribution in [0.4, 0.5) is 9.59 Å². The number of benzene rings is 1. The Labute approximate surface area is 177 Å². The summed E-state index contributed by atoms with van der Waals surface area (Å²) in [6.07, 6.45) is -3.45. The highest BCUT2D eigenvalue weighted by Crippen LogP contribution is 2.05. The lowest BCUT2D eigenvalue weighted by molar-refractivity contribution is -0.124. The summed E-state index contributed by atoms with van der Waals surface area (Å²) in [6, 6.07) is 8.77. The fourth-order valence-electron chi connectivity index (χ4n) is 1.86. The number of carbonyl (C=O) groups excluding carboxylic acids is 4. The molecule has 12 nitrogen and oxygen atoms in total. The average molecular weight is 466 g/mol. The van der Waals surface area contributed by atoms with E-state index in [0.29, 0.717) is 0 Å². The smallest absolute Gasteiger partial charge is 0.426 e. The van der Waals surface area contributed by atoms with Gasteiger partial charge < -0.3 is 9.47 Å². The van der Waals surface area contributed by atoms with Gasteiger partial charge in [-0.25, -0.2) is 15.0 Å². The molecule has 0 aromatic heterocycles. The van der Waals surface area contributed by atoms with E-state index in [1.54, 1.807) is 35.6 Å². The maximum absolute atomic E-state index is 11.9. The summed E-state index contributed by atoms with van der Waals surface area (Å²) < 4.78 is 36.8. The zero-order valence-corrected chi connectivity index (χ0v) is 17.3. The van der Waals surface area contributed by atoms with Crippen LogP contribution in [0, 0.1) is 0 Å². The van der Waals surface area contributed by atoms with Crippen LogP contribution in [-0.4, -0.2) is 57.3 Å². The normalized spacial score (nSPS) is 11.7. The second-order valence-corrected chi connectivity index (χ2v) is 7.51. The Morgan fingerprint density at radius 2 is 1.67 bits per heavy atom. The Morgan fingerprint density at radius 1 is 1.00 bits per heavy atom. The van der Waals surface area contributed by atoms with Crippen molar-refractivity contribution in [3.05, 3.63) is 35.9 Å². The van der Waals surface area contributed by atoms with E-state index in [-0.39, 0.29) is 6.61 Å². The molecule has 0 saturated heterocycles. The summed E-state index contributed by atoms with van der Waals surface area (Å²) in [6.45, 7) is -0.716. The molecule has 0 aliphatic heterocycles. The van der Waals surface area contributed by atoms with Crippen LogP contribution in [-0.2, 0) is 40.0 Å². The average Bonchev–Trinajstić information content (AvgIpc) is 2.68. The number of hydrogen-bond donors (Lipinski definition) is 3. The summed E-state index contributed by atoms with van der Waals surface area (Å²) >= 11 is 5.21. The highest BCUT2D eigenvalue weighted by atomic mass is 35.5. The fourth-order valence-corrected chi connectivity index (χ4v) is 2.54. The van der Waals surface area contributed by atoms with Crippen molar-refractivity contribution in [2.45, 2.75) is 19.1 Å². The molecular weight excluding hydrogens is 446 g/mol. The van der Waals surface area contributed by atoms with E-state index < -0.39 is 59.1 Å². The quantitative estimate of drug-likeness (QED) is 0.261. The number of imide groups is 1. The molecule has 0 spiro atoms. The van der Waals surface area contributed by atoms with Crippen LogP contribution in [0.15, 0.2) is 30.3 Å². The van der Waals surface area contributed by atoms with Gasteiger partial charge in [0.1, 0.15) is 25.2 Å². The molecule has 1 aromatic rings. The first-order chi connectivity index (χ1) is 14.1. The van der Waals surface area contributed by atoms with Crippen molar-refractivity contribution in [3.63, 3.8) is 0 Å². The topological polar surface area (TPSA) is 166 Å². The number of hydrogen-bond acceptors (Lipinski definition) is 9. The molecule has 3 N–H and O–H groups in total. The van der Waals surface area contributed by atoms with Gasteiger partial charge in [0, 0.05) is 0 Å². The molecule has 0 fully saturated rings. The Bertz CT molecular complexity index is 849. The van der Waals surface area contributed by atoms with E-state index in [0.717, 1.165) is 11.8 Å². The number of amides is 4. The van der Waals surface area contributed by atoms with Crippen molar-refractivity contribution in [2.24, 2.45) is 0 Å².